The minimum atomic E-state index is 0.582. The van der Waals surface area contributed by atoms with Crippen molar-refractivity contribution in [1.82, 2.24) is 15.3 Å². The number of ether oxygens (including phenoxy) is 1. The van der Waals surface area contributed by atoms with Gasteiger partial charge in [0.05, 0.1) is 6.61 Å². The van der Waals surface area contributed by atoms with Gasteiger partial charge < -0.3 is 15.0 Å². The second-order valence-electron chi connectivity index (χ2n) is 5.71. The van der Waals surface area contributed by atoms with Crippen LogP contribution in [0, 0.1) is 0 Å². The van der Waals surface area contributed by atoms with Gasteiger partial charge >= 0.3 is 0 Å². The molecule has 3 rings (SSSR count). The van der Waals surface area contributed by atoms with Crippen LogP contribution < -0.4 is 10.2 Å². The molecule has 0 bridgehead atoms. The maximum atomic E-state index is 5.27. The normalized spacial score (nSPS) is 21.1. The van der Waals surface area contributed by atoms with Gasteiger partial charge in [-0.15, -0.1) is 0 Å². The Labute approximate surface area is 120 Å². The number of rotatable bonds is 6. The van der Waals surface area contributed by atoms with Crippen LogP contribution in [0.1, 0.15) is 30.5 Å². The molecule has 1 saturated heterocycles. The molecule has 0 amide bonds. The maximum Gasteiger partial charge on any atom is 0.135 e. The number of anilines is 1. The topological polar surface area (TPSA) is 50.3 Å². The number of methoxy groups -OCH3 is 1. The van der Waals surface area contributed by atoms with Crippen molar-refractivity contribution in [2.75, 3.05) is 38.3 Å². The van der Waals surface area contributed by atoms with Gasteiger partial charge in [0.25, 0.3) is 0 Å². The van der Waals surface area contributed by atoms with E-state index in [-0.39, 0.29) is 0 Å². The molecular weight excluding hydrogens is 252 g/mol. The van der Waals surface area contributed by atoms with Gasteiger partial charge in [-0.3, -0.25) is 0 Å². The molecule has 1 N–H and O–H groups in total. The number of aryl methyl sites for hydroxylation is 1. The van der Waals surface area contributed by atoms with Crippen LogP contribution in [0.25, 0.3) is 0 Å². The van der Waals surface area contributed by atoms with Crippen LogP contribution in [0.15, 0.2) is 6.33 Å². The predicted molar refractivity (Wildman–Crippen MR) is 79.2 cm³/mol. The highest BCUT2D eigenvalue weighted by Gasteiger charge is 2.24. The third kappa shape index (κ3) is 2.94. The summed E-state index contributed by atoms with van der Waals surface area (Å²) in [4.78, 5) is 11.4. The number of hydrogen-bond acceptors (Lipinski definition) is 5. The van der Waals surface area contributed by atoms with Gasteiger partial charge in [-0.1, -0.05) is 0 Å². The first-order chi connectivity index (χ1) is 9.88. The summed E-state index contributed by atoms with van der Waals surface area (Å²) in [6.45, 7) is 3.81. The molecule has 1 aliphatic heterocycles. The second kappa shape index (κ2) is 6.50. The minimum Gasteiger partial charge on any atom is -0.383 e. The lowest BCUT2D eigenvalue weighted by atomic mass is 10.2. The SMILES string of the molecule is COCCN(CC1CCCN1)c1ncnc2c1CCC2. The second-order valence-corrected chi connectivity index (χ2v) is 5.71. The molecule has 5 nitrogen and oxygen atoms in total. The number of aromatic nitrogens is 2. The lowest BCUT2D eigenvalue weighted by Gasteiger charge is -2.28. The predicted octanol–water partition coefficient (Wildman–Crippen LogP) is 1.17. The van der Waals surface area contributed by atoms with E-state index in [1.165, 1.54) is 30.5 Å². The molecule has 1 unspecified atom stereocenters. The van der Waals surface area contributed by atoms with Gasteiger partial charge in [-0.05, 0) is 38.6 Å². The highest BCUT2D eigenvalue weighted by Crippen LogP contribution is 2.28. The smallest absolute Gasteiger partial charge is 0.135 e. The zero-order chi connectivity index (χ0) is 13.8. The van der Waals surface area contributed by atoms with Crippen LogP contribution in [0.5, 0.6) is 0 Å². The third-order valence-electron chi connectivity index (χ3n) is 4.32. The van der Waals surface area contributed by atoms with Crippen LogP contribution >= 0.6 is 0 Å². The van der Waals surface area contributed by atoms with E-state index in [0.29, 0.717) is 6.04 Å². The van der Waals surface area contributed by atoms with Gasteiger partial charge in [0.15, 0.2) is 0 Å². The van der Waals surface area contributed by atoms with E-state index < -0.39 is 0 Å². The average molecular weight is 276 g/mol. The lowest BCUT2D eigenvalue weighted by Crippen LogP contribution is -2.40. The Kier molecular flexibility index (Phi) is 4.47. The van der Waals surface area contributed by atoms with Crippen molar-refractivity contribution in [3.05, 3.63) is 17.6 Å². The first kappa shape index (κ1) is 13.8. The van der Waals surface area contributed by atoms with Crippen LogP contribution in [0.3, 0.4) is 0 Å². The summed E-state index contributed by atoms with van der Waals surface area (Å²) in [6, 6.07) is 0.582. The highest BCUT2D eigenvalue weighted by molar-refractivity contribution is 5.50. The van der Waals surface area contributed by atoms with Crippen LogP contribution in [-0.2, 0) is 17.6 Å². The van der Waals surface area contributed by atoms with Crippen molar-refractivity contribution in [3.8, 4) is 0 Å². The van der Waals surface area contributed by atoms with E-state index >= 15 is 0 Å². The van der Waals surface area contributed by atoms with Gasteiger partial charge in [0, 0.05) is 37.5 Å². The quantitative estimate of drug-likeness (QED) is 0.845. The summed E-state index contributed by atoms with van der Waals surface area (Å²) in [5.41, 5.74) is 2.61. The fourth-order valence-electron chi connectivity index (χ4n) is 3.28. The molecule has 0 spiro atoms. The summed E-state index contributed by atoms with van der Waals surface area (Å²) < 4.78 is 5.27. The molecule has 1 aromatic heterocycles. The van der Waals surface area contributed by atoms with Crippen molar-refractivity contribution in [3.63, 3.8) is 0 Å². The fourth-order valence-corrected chi connectivity index (χ4v) is 3.28. The standard InChI is InChI=1S/C15H24N4O/c1-20-9-8-19(10-12-4-3-7-16-12)15-13-5-2-6-14(13)17-11-18-15/h11-12,16H,2-10H2,1H3. The van der Waals surface area contributed by atoms with Gasteiger partial charge in [0.1, 0.15) is 12.1 Å². The van der Waals surface area contributed by atoms with Crippen LogP contribution in [0.4, 0.5) is 5.82 Å². The summed E-state index contributed by atoms with van der Waals surface area (Å²) in [7, 11) is 1.76. The Morgan fingerprint density at radius 1 is 1.35 bits per heavy atom. The Bertz CT molecular complexity index is 445. The van der Waals surface area contributed by atoms with Gasteiger partial charge in [-0.2, -0.15) is 0 Å². The number of fused-ring (bicyclic) bond motifs is 1. The van der Waals surface area contributed by atoms with Crippen LogP contribution in [-0.4, -0.2) is 49.4 Å². The maximum absolute atomic E-state index is 5.27. The lowest BCUT2D eigenvalue weighted by molar-refractivity contribution is 0.204. The van der Waals surface area contributed by atoms with Gasteiger partial charge in [0.2, 0.25) is 0 Å². The molecule has 110 valence electrons. The number of hydrogen-bond donors (Lipinski definition) is 1. The van der Waals surface area contributed by atoms with E-state index in [0.717, 1.165) is 44.9 Å². The number of nitrogens with one attached hydrogen (secondary N) is 1. The van der Waals surface area contributed by atoms with E-state index in [1.807, 2.05) is 0 Å². The fraction of sp³-hybridized carbons (Fsp3) is 0.733. The highest BCUT2D eigenvalue weighted by atomic mass is 16.5. The first-order valence-electron chi connectivity index (χ1n) is 7.68. The van der Waals surface area contributed by atoms with Crippen molar-refractivity contribution >= 4 is 5.82 Å². The molecule has 20 heavy (non-hydrogen) atoms. The van der Waals surface area contributed by atoms with Crippen molar-refractivity contribution in [1.29, 1.82) is 0 Å². The van der Waals surface area contributed by atoms with Crippen molar-refractivity contribution in [2.24, 2.45) is 0 Å². The Balaban J connectivity index is 1.78. The monoisotopic (exact) mass is 276 g/mol. The Morgan fingerprint density at radius 3 is 3.10 bits per heavy atom. The minimum absolute atomic E-state index is 0.582. The first-order valence-corrected chi connectivity index (χ1v) is 7.68. The van der Waals surface area contributed by atoms with E-state index in [2.05, 4.69) is 20.2 Å². The molecule has 0 saturated carbocycles. The number of nitrogens with zero attached hydrogens (tertiary/aromatic N) is 3. The summed E-state index contributed by atoms with van der Waals surface area (Å²) in [6.07, 6.45) is 7.70. The Hall–Kier alpha value is -1.20. The van der Waals surface area contributed by atoms with Crippen molar-refractivity contribution < 1.29 is 4.74 Å². The summed E-state index contributed by atoms with van der Waals surface area (Å²) in [5, 5.41) is 3.58. The summed E-state index contributed by atoms with van der Waals surface area (Å²) in [5.74, 6) is 1.14. The zero-order valence-electron chi connectivity index (χ0n) is 12.3. The van der Waals surface area contributed by atoms with Crippen molar-refractivity contribution in [2.45, 2.75) is 38.1 Å². The molecule has 2 heterocycles. The van der Waals surface area contributed by atoms with E-state index in [4.69, 9.17) is 4.74 Å². The molecule has 1 aliphatic carbocycles. The molecule has 0 aromatic carbocycles. The third-order valence-corrected chi connectivity index (χ3v) is 4.32. The van der Waals surface area contributed by atoms with E-state index in [1.54, 1.807) is 13.4 Å². The van der Waals surface area contributed by atoms with E-state index in [9.17, 15) is 0 Å². The molecule has 1 fully saturated rings. The molecular formula is C15H24N4O. The molecule has 1 atom stereocenters. The molecule has 5 heteroatoms. The largest absolute Gasteiger partial charge is 0.383 e. The summed E-state index contributed by atoms with van der Waals surface area (Å²) >= 11 is 0. The van der Waals surface area contributed by atoms with Crippen LogP contribution in [0.2, 0.25) is 0 Å². The Morgan fingerprint density at radius 2 is 2.30 bits per heavy atom. The average Bonchev–Trinajstić information content (AvgIpc) is 3.13. The molecule has 2 aliphatic rings. The molecule has 0 radical (unpaired) electrons. The zero-order valence-corrected chi connectivity index (χ0v) is 12.3. The molecule has 1 aromatic rings. The van der Waals surface area contributed by atoms with Gasteiger partial charge in [-0.25, -0.2) is 9.97 Å².